The lowest BCUT2D eigenvalue weighted by molar-refractivity contribution is -0.140. The Morgan fingerprint density at radius 1 is 1.00 bits per heavy atom. The normalized spacial score (nSPS) is 40.0. The smallest absolute Gasteiger partial charge is 0.254 e. The number of carbonyl (C=O) groups excluding carboxylic acids is 2. The summed E-state index contributed by atoms with van der Waals surface area (Å²) in [6.45, 7) is 0. The van der Waals surface area contributed by atoms with Gasteiger partial charge in [-0.05, 0) is 47.8 Å². The van der Waals surface area contributed by atoms with Crippen LogP contribution >= 0.6 is 11.6 Å². The Morgan fingerprint density at radius 2 is 1.57 bits per heavy atom. The fourth-order valence-corrected chi connectivity index (χ4v) is 4.85. The molecule has 5 aliphatic rings. The Balaban J connectivity index is 1.44. The number of nitrogens with zero attached hydrogens (tertiary/aromatic N) is 2. The molecule has 3 fully saturated rings. The number of benzene rings is 1. The summed E-state index contributed by atoms with van der Waals surface area (Å²) in [5, 5.41) is 5.93. The molecule has 0 N–H and O–H groups in total. The lowest BCUT2D eigenvalue weighted by Gasteiger charge is -2.37. The van der Waals surface area contributed by atoms with Gasteiger partial charge in [0.25, 0.3) is 11.8 Å². The van der Waals surface area contributed by atoms with Crippen LogP contribution in [0.25, 0.3) is 0 Å². The number of imide groups is 1. The molecular formula is C18H15ClN2O2. The van der Waals surface area contributed by atoms with E-state index in [0.29, 0.717) is 16.9 Å². The van der Waals surface area contributed by atoms with Crippen molar-refractivity contribution in [2.24, 2.45) is 40.6 Å². The first kappa shape index (κ1) is 13.5. The topological polar surface area (TPSA) is 49.7 Å². The molecule has 2 saturated carbocycles. The van der Waals surface area contributed by atoms with E-state index in [1.165, 1.54) is 6.42 Å². The molecule has 6 atom stereocenters. The van der Waals surface area contributed by atoms with E-state index in [1.807, 2.05) is 12.1 Å². The van der Waals surface area contributed by atoms with Gasteiger partial charge in [-0.3, -0.25) is 9.59 Å². The van der Waals surface area contributed by atoms with Gasteiger partial charge in [0.05, 0.1) is 18.1 Å². The van der Waals surface area contributed by atoms with E-state index < -0.39 is 0 Å². The SMILES string of the molecule is O=C1C2C3C=CC(C4CC34)C2C(=O)N1/N=C/c1ccc(Cl)cc1. The molecule has 4 aliphatic carbocycles. The van der Waals surface area contributed by atoms with Crippen molar-refractivity contribution >= 4 is 29.6 Å². The van der Waals surface area contributed by atoms with Gasteiger partial charge in [0.2, 0.25) is 0 Å². The quantitative estimate of drug-likeness (QED) is 0.476. The standard InChI is InChI=1S/C18H15ClN2O2/c19-10-3-1-9(2-4-10)8-20-21-17(22)15-11-5-6-12(14-7-13(11)14)16(15)18(21)23/h1-6,8,11-16H,7H2/b20-8+. The second-order valence-electron chi connectivity index (χ2n) is 6.94. The average Bonchev–Trinajstić information content (AvgIpc) is 3.33. The van der Waals surface area contributed by atoms with Crippen LogP contribution in [0, 0.1) is 35.5 Å². The highest BCUT2D eigenvalue weighted by Gasteiger charge is 2.67. The zero-order valence-electron chi connectivity index (χ0n) is 12.3. The summed E-state index contributed by atoms with van der Waals surface area (Å²) >= 11 is 5.85. The molecule has 1 aromatic carbocycles. The minimum absolute atomic E-state index is 0.130. The first-order valence-electron chi connectivity index (χ1n) is 8.01. The van der Waals surface area contributed by atoms with E-state index in [4.69, 9.17) is 11.6 Å². The number of hydrazone groups is 1. The molecule has 2 bridgehead atoms. The number of hydrogen-bond donors (Lipinski definition) is 0. The van der Waals surface area contributed by atoms with Crippen LogP contribution in [0.2, 0.25) is 5.02 Å². The van der Waals surface area contributed by atoms with Crippen molar-refractivity contribution in [3.05, 3.63) is 47.0 Å². The van der Waals surface area contributed by atoms with Gasteiger partial charge >= 0.3 is 0 Å². The number of rotatable bonds is 2. The maximum absolute atomic E-state index is 12.7. The summed E-state index contributed by atoms with van der Waals surface area (Å²) in [7, 11) is 0. The predicted octanol–water partition coefficient (Wildman–Crippen LogP) is 2.73. The van der Waals surface area contributed by atoms with Crippen molar-refractivity contribution in [1.82, 2.24) is 5.01 Å². The summed E-state index contributed by atoms with van der Waals surface area (Å²) in [5.74, 6) is 1.06. The van der Waals surface area contributed by atoms with Gasteiger partial charge in [0.15, 0.2) is 0 Å². The molecule has 0 radical (unpaired) electrons. The first-order valence-corrected chi connectivity index (χ1v) is 8.38. The summed E-state index contributed by atoms with van der Waals surface area (Å²) < 4.78 is 0. The van der Waals surface area contributed by atoms with Crippen molar-refractivity contribution in [3.63, 3.8) is 0 Å². The van der Waals surface area contributed by atoms with Crippen LogP contribution in [0.5, 0.6) is 0 Å². The minimum Gasteiger partial charge on any atom is -0.272 e. The van der Waals surface area contributed by atoms with E-state index in [9.17, 15) is 9.59 Å². The van der Waals surface area contributed by atoms with E-state index >= 15 is 0 Å². The molecule has 0 spiro atoms. The van der Waals surface area contributed by atoms with Crippen LogP contribution < -0.4 is 0 Å². The fraction of sp³-hybridized carbons (Fsp3) is 0.389. The molecular weight excluding hydrogens is 312 g/mol. The van der Waals surface area contributed by atoms with Crippen LogP contribution in [0.4, 0.5) is 0 Å². The highest BCUT2D eigenvalue weighted by atomic mass is 35.5. The monoisotopic (exact) mass is 326 g/mol. The van der Waals surface area contributed by atoms with Crippen LogP contribution in [0.3, 0.4) is 0 Å². The van der Waals surface area contributed by atoms with Gasteiger partial charge in [-0.1, -0.05) is 35.9 Å². The highest BCUT2D eigenvalue weighted by molar-refractivity contribution is 6.30. The molecule has 6 rings (SSSR count). The molecule has 2 amide bonds. The largest absolute Gasteiger partial charge is 0.272 e. The van der Waals surface area contributed by atoms with Gasteiger partial charge in [0.1, 0.15) is 0 Å². The fourth-order valence-electron chi connectivity index (χ4n) is 4.73. The van der Waals surface area contributed by atoms with Gasteiger partial charge in [-0.2, -0.15) is 10.1 Å². The number of carbonyl (C=O) groups is 2. The molecule has 6 unspecified atom stereocenters. The molecule has 0 aromatic heterocycles. The number of allylic oxidation sites excluding steroid dienone is 2. The Morgan fingerprint density at radius 3 is 2.13 bits per heavy atom. The van der Waals surface area contributed by atoms with Gasteiger partial charge in [-0.25, -0.2) is 0 Å². The molecule has 116 valence electrons. The second-order valence-corrected chi connectivity index (χ2v) is 7.38. The van der Waals surface area contributed by atoms with Gasteiger partial charge in [-0.15, -0.1) is 0 Å². The third-order valence-electron chi connectivity index (χ3n) is 5.83. The zero-order chi connectivity index (χ0) is 15.7. The molecule has 1 saturated heterocycles. The van der Waals surface area contributed by atoms with E-state index in [1.54, 1.807) is 18.3 Å². The van der Waals surface area contributed by atoms with Crippen molar-refractivity contribution in [2.75, 3.05) is 0 Å². The van der Waals surface area contributed by atoms with E-state index in [-0.39, 0.29) is 35.5 Å². The third-order valence-corrected chi connectivity index (χ3v) is 6.08. The Labute approximate surface area is 138 Å². The zero-order valence-corrected chi connectivity index (χ0v) is 13.1. The van der Waals surface area contributed by atoms with Crippen LogP contribution in [0.1, 0.15) is 12.0 Å². The Hall–Kier alpha value is -1.94. The minimum atomic E-state index is -0.191. The third kappa shape index (κ3) is 1.81. The molecule has 23 heavy (non-hydrogen) atoms. The van der Waals surface area contributed by atoms with Crippen LogP contribution in [-0.4, -0.2) is 23.0 Å². The molecule has 5 heteroatoms. The Bertz CT molecular complexity index is 734. The maximum atomic E-state index is 12.7. The summed E-state index contributed by atoms with van der Waals surface area (Å²) in [6, 6.07) is 7.14. The summed E-state index contributed by atoms with van der Waals surface area (Å²) in [5.41, 5.74) is 0.814. The number of hydrogen-bond acceptors (Lipinski definition) is 3. The van der Waals surface area contributed by atoms with E-state index in [2.05, 4.69) is 17.3 Å². The molecule has 1 heterocycles. The lowest BCUT2D eigenvalue weighted by Crippen LogP contribution is -2.40. The van der Waals surface area contributed by atoms with Crippen molar-refractivity contribution in [1.29, 1.82) is 0 Å². The lowest BCUT2D eigenvalue weighted by atomic mass is 9.63. The summed E-state index contributed by atoms with van der Waals surface area (Å²) in [6.07, 6.45) is 7.05. The van der Waals surface area contributed by atoms with Crippen LogP contribution in [-0.2, 0) is 9.59 Å². The van der Waals surface area contributed by atoms with Crippen molar-refractivity contribution in [3.8, 4) is 0 Å². The maximum Gasteiger partial charge on any atom is 0.254 e. The predicted molar refractivity (Wildman–Crippen MR) is 85.6 cm³/mol. The number of amides is 2. The Kier molecular flexibility index (Phi) is 2.66. The average molecular weight is 327 g/mol. The van der Waals surface area contributed by atoms with Crippen molar-refractivity contribution in [2.45, 2.75) is 6.42 Å². The number of halogens is 1. The molecule has 1 aliphatic heterocycles. The summed E-state index contributed by atoms with van der Waals surface area (Å²) in [4.78, 5) is 25.4. The van der Waals surface area contributed by atoms with Crippen LogP contribution in [0.15, 0.2) is 41.5 Å². The van der Waals surface area contributed by atoms with E-state index in [0.717, 1.165) is 10.6 Å². The van der Waals surface area contributed by atoms with Gasteiger partial charge < -0.3 is 0 Å². The highest BCUT2D eigenvalue weighted by Crippen LogP contribution is 2.65. The van der Waals surface area contributed by atoms with Gasteiger partial charge in [0, 0.05) is 5.02 Å². The second kappa shape index (κ2) is 4.54. The molecule has 4 nitrogen and oxygen atoms in total. The first-order chi connectivity index (χ1) is 11.1. The van der Waals surface area contributed by atoms with Crippen molar-refractivity contribution < 1.29 is 9.59 Å². The molecule has 1 aromatic rings.